The molecule has 0 heterocycles. The largest absolute Gasteiger partial charge is 0.422 e. The van der Waals surface area contributed by atoms with Crippen molar-refractivity contribution in [1.82, 2.24) is 21.3 Å². The van der Waals surface area contributed by atoms with Crippen LogP contribution in [0.5, 0.6) is 11.5 Å². The minimum Gasteiger partial charge on any atom is -0.422 e. The Labute approximate surface area is 264 Å². The molecule has 0 aliphatic carbocycles. The number of rotatable bonds is 13. The summed E-state index contributed by atoms with van der Waals surface area (Å²) in [5, 5.41) is 21.8. The Kier molecular flexibility index (Phi) is 12.8. The van der Waals surface area contributed by atoms with Crippen LogP contribution >= 0.6 is 0 Å². The molecule has 2 aromatic carbocycles. The number of carbonyl (C=O) groups is 5. The first-order valence-electron chi connectivity index (χ1n) is 14.7. The first kappa shape index (κ1) is 36.9. The van der Waals surface area contributed by atoms with Gasteiger partial charge in [0, 0.05) is 24.2 Å². The summed E-state index contributed by atoms with van der Waals surface area (Å²) in [6.45, 7) is 13.5. The summed E-state index contributed by atoms with van der Waals surface area (Å²) in [4.78, 5) is 61.5. The highest BCUT2D eigenvalue weighted by Crippen LogP contribution is 2.34. The molecule has 0 fully saturated rings. The van der Waals surface area contributed by atoms with Crippen LogP contribution in [-0.4, -0.2) is 66.5 Å². The number of amides is 3. The highest BCUT2D eigenvalue weighted by atomic mass is 16.6. The van der Waals surface area contributed by atoms with Gasteiger partial charge in [0.1, 0.15) is 0 Å². The van der Waals surface area contributed by atoms with E-state index in [-0.39, 0.29) is 37.7 Å². The molecule has 2 aromatic rings. The number of benzene rings is 2. The van der Waals surface area contributed by atoms with Crippen LogP contribution in [0.15, 0.2) is 48.5 Å². The summed E-state index contributed by atoms with van der Waals surface area (Å²) < 4.78 is 11.1. The number of hydrogen-bond acceptors (Lipinski definition) is 9. The van der Waals surface area contributed by atoms with Crippen molar-refractivity contribution in [3.63, 3.8) is 0 Å². The average molecular weight is 627 g/mol. The van der Waals surface area contributed by atoms with E-state index in [2.05, 4.69) is 21.3 Å². The molecule has 0 radical (unpaired) electrons. The number of nitrogens with one attached hydrogen (secondary N) is 4. The highest BCUT2D eigenvalue weighted by Gasteiger charge is 2.29. The summed E-state index contributed by atoms with van der Waals surface area (Å²) >= 11 is 0. The van der Waals surface area contributed by atoms with Gasteiger partial charge in [-0.15, -0.1) is 0 Å². The van der Waals surface area contributed by atoms with Gasteiger partial charge in [-0.2, -0.15) is 0 Å². The second-order valence-electron chi connectivity index (χ2n) is 13.4. The number of β-amino-alcohol motifs (C(OH)–C–C–N with tert-alkyl or cyclic N) is 1. The van der Waals surface area contributed by atoms with Crippen LogP contribution in [0.3, 0.4) is 0 Å². The molecule has 3 amide bonds. The fraction of sp³-hybridized carbons (Fsp3) is 0.485. The van der Waals surface area contributed by atoms with E-state index in [4.69, 9.17) is 9.47 Å². The van der Waals surface area contributed by atoms with Gasteiger partial charge in [-0.25, -0.2) is 0 Å². The van der Waals surface area contributed by atoms with Gasteiger partial charge in [0.05, 0.1) is 30.0 Å². The maximum atomic E-state index is 12.6. The third kappa shape index (κ3) is 12.7. The Morgan fingerprint density at radius 2 is 1.24 bits per heavy atom. The van der Waals surface area contributed by atoms with E-state index in [1.807, 2.05) is 13.8 Å². The molecule has 45 heavy (non-hydrogen) atoms. The van der Waals surface area contributed by atoms with Crippen molar-refractivity contribution in [3.8, 4) is 11.5 Å². The molecule has 5 N–H and O–H groups in total. The first-order chi connectivity index (χ1) is 20.8. The Morgan fingerprint density at radius 3 is 1.82 bits per heavy atom. The topological polar surface area (TPSA) is 172 Å². The van der Waals surface area contributed by atoms with Crippen molar-refractivity contribution in [3.05, 3.63) is 59.7 Å². The van der Waals surface area contributed by atoms with Crippen LogP contribution < -0.4 is 30.7 Å². The molecular formula is C33H46N4O8. The third-order valence-electron chi connectivity index (χ3n) is 6.38. The smallest absolute Gasteiger partial charge is 0.316 e. The fourth-order valence-corrected chi connectivity index (χ4v) is 3.43. The lowest BCUT2D eigenvalue weighted by molar-refractivity contribution is -0.145. The number of esters is 2. The lowest BCUT2D eigenvalue weighted by Gasteiger charge is -2.28. The monoisotopic (exact) mass is 626 g/mol. The molecule has 0 aliphatic heterocycles. The fourth-order valence-electron chi connectivity index (χ4n) is 3.43. The van der Waals surface area contributed by atoms with E-state index in [1.165, 1.54) is 12.1 Å². The second-order valence-corrected chi connectivity index (χ2v) is 13.4. The Hall–Kier alpha value is -4.29. The molecule has 1 atom stereocenters. The zero-order chi connectivity index (χ0) is 34.0. The maximum Gasteiger partial charge on any atom is 0.316 e. The number of carbonyl (C=O) groups excluding carboxylic acids is 5. The molecule has 1 unspecified atom stereocenters. The summed E-state index contributed by atoms with van der Waals surface area (Å²) in [5.74, 6) is -2.32. The van der Waals surface area contributed by atoms with Gasteiger partial charge in [-0.05, 0) is 85.2 Å². The van der Waals surface area contributed by atoms with Crippen LogP contribution in [0.4, 0.5) is 0 Å². The number of aliphatic hydroxyl groups is 1. The highest BCUT2D eigenvalue weighted by molar-refractivity contribution is 5.96. The molecule has 2 rings (SSSR count). The zero-order valence-electron chi connectivity index (χ0n) is 27.3. The average Bonchev–Trinajstić information content (AvgIpc) is 2.96. The standard InChI is InChI=1S/C33H46N4O8/c1-31(2,3)29(42)44-24-15-14-22(16-25(24)45-30(43)32(4,5)6)23(38)17-37-33(7,8)20-36-27(40)18-34-26(39)19-35-28(41)21-12-10-9-11-13-21/h9-16,23,37-38H,17-20H2,1-8H3,(H,34,39)(H,35,41)(H,36,40). The molecule has 12 nitrogen and oxygen atoms in total. The van der Waals surface area contributed by atoms with E-state index in [9.17, 15) is 29.1 Å². The van der Waals surface area contributed by atoms with Crippen LogP contribution in [0, 0.1) is 10.8 Å². The van der Waals surface area contributed by atoms with Gasteiger partial charge in [-0.1, -0.05) is 24.3 Å². The molecule has 0 spiro atoms. The van der Waals surface area contributed by atoms with Crippen molar-refractivity contribution >= 4 is 29.7 Å². The molecule has 0 aliphatic rings. The van der Waals surface area contributed by atoms with E-state index in [0.29, 0.717) is 11.1 Å². The van der Waals surface area contributed by atoms with Crippen molar-refractivity contribution in [2.75, 3.05) is 26.2 Å². The molecule has 12 heteroatoms. The van der Waals surface area contributed by atoms with Crippen LogP contribution in [0.25, 0.3) is 0 Å². The number of hydrogen-bond donors (Lipinski definition) is 5. The van der Waals surface area contributed by atoms with Crippen molar-refractivity contribution < 1.29 is 38.6 Å². The Balaban J connectivity index is 1.91. The van der Waals surface area contributed by atoms with Gasteiger partial charge in [-0.3, -0.25) is 24.0 Å². The van der Waals surface area contributed by atoms with Crippen molar-refractivity contribution in [2.45, 2.75) is 67.0 Å². The van der Waals surface area contributed by atoms with Gasteiger partial charge < -0.3 is 35.8 Å². The van der Waals surface area contributed by atoms with Crippen molar-refractivity contribution in [2.24, 2.45) is 10.8 Å². The SMILES string of the molecule is CC(C)(CNC(=O)CNC(=O)CNC(=O)c1ccccc1)NCC(O)c1ccc(OC(=O)C(C)(C)C)c(OC(=O)C(C)(C)C)c1. The van der Waals surface area contributed by atoms with Gasteiger partial charge >= 0.3 is 11.9 Å². The predicted molar refractivity (Wildman–Crippen MR) is 168 cm³/mol. The minimum absolute atomic E-state index is 0.0114. The maximum absolute atomic E-state index is 12.6. The van der Waals surface area contributed by atoms with Gasteiger partial charge in [0.25, 0.3) is 5.91 Å². The summed E-state index contributed by atoms with van der Waals surface area (Å²) in [6.07, 6.45) is -1.04. The number of ether oxygens (including phenoxy) is 2. The molecule has 0 bridgehead atoms. The lowest BCUT2D eigenvalue weighted by Crippen LogP contribution is -2.51. The van der Waals surface area contributed by atoms with Gasteiger partial charge in [0.15, 0.2) is 11.5 Å². The molecule has 0 saturated heterocycles. The van der Waals surface area contributed by atoms with E-state index < -0.39 is 52.1 Å². The molecule has 0 aromatic heterocycles. The van der Waals surface area contributed by atoms with Crippen molar-refractivity contribution in [1.29, 1.82) is 0 Å². The molecular weight excluding hydrogens is 580 g/mol. The zero-order valence-corrected chi connectivity index (χ0v) is 27.3. The summed E-state index contributed by atoms with van der Waals surface area (Å²) in [7, 11) is 0. The van der Waals surface area contributed by atoms with Crippen LogP contribution in [-0.2, 0) is 19.2 Å². The molecule has 0 saturated carbocycles. The second kappa shape index (κ2) is 15.6. The Morgan fingerprint density at radius 1 is 0.711 bits per heavy atom. The minimum atomic E-state index is -1.04. The normalized spacial score (nSPS) is 12.5. The number of aliphatic hydroxyl groups excluding tert-OH is 1. The van der Waals surface area contributed by atoms with E-state index in [0.717, 1.165) is 0 Å². The Bertz CT molecular complexity index is 1360. The first-order valence-corrected chi connectivity index (χ1v) is 14.7. The third-order valence-corrected chi connectivity index (χ3v) is 6.38. The van der Waals surface area contributed by atoms with Gasteiger partial charge in [0.2, 0.25) is 11.8 Å². The van der Waals surface area contributed by atoms with Crippen LogP contribution in [0.1, 0.15) is 77.4 Å². The molecule has 246 valence electrons. The van der Waals surface area contributed by atoms with E-state index >= 15 is 0 Å². The summed E-state index contributed by atoms with van der Waals surface area (Å²) in [5.41, 5.74) is -1.44. The predicted octanol–water partition coefficient (Wildman–Crippen LogP) is 2.65. The van der Waals surface area contributed by atoms with Crippen LogP contribution in [0.2, 0.25) is 0 Å². The summed E-state index contributed by atoms with van der Waals surface area (Å²) in [6, 6.07) is 13.0. The lowest BCUT2D eigenvalue weighted by atomic mass is 9.97. The van der Waals surface area contributed by atoms with E-state index in [1.54, 1.807) is 77.9 Å². The quantitative estimate of drug-likeness (QED) is 0.166.